The number of nitrogens with zero attached hydrogens (tertiary/aromatic N) is 2. The van der Waals surface area contributed by atoms with Gasteiger partial charge in [0, 0.05) is 41.3 Å². The fourth-order valence-electron chi connectivity index (χ4n) is 2.82. The third-order valence-electron chi connectivity index (χ3n) is 4.12. The Bertz CT molecular complexity index is 969. The predicted molar refractivity (Wildman–Crippen MR) is 112 cm³/mol. The van der Waals surface area contributed by atoms with Crippen LogP contribution in [0, 0.1) is 6.92 Å². The van der Waals surface area contributed by atoms with Gasteiger partial charge in [-0.2, -0.15) is 4.98 Å². The van der Waals surface area contributed by atoms with E-state index in [4.69, 9.17) is 18.9 Å². The van der Waals surface area contributed by atoms with E-state index in [1.807, 2.05) is 37.3 Å². The Morgan fingerprint density at radius 2 is 1.45 bits per heavy atom. The van der Waals surface area contributed by atoms with E-state index in [-0.39, 0.29) is 0 Å². The summed E-state index contributed by atoms with van der Waals surface area (Å²) in [4.78, 5) is 9.00. The summed E-state index contributed by atoms with van der Waals surface area (Å²) >= 11 is 0. The smallest absolute Gasteiger partial charge is 0.229 e. The van der Waals surface area contributed by atoms with Crippen LogP contribution in [0.5, 0.6) is 23.0 Å². The fraction of sp³-hybridized carbons (Fsp3) is 0.238. The Morgan fingerprint density at radius 3 is 2.07 bits per heavy atom. The second-order valence-corrected chi connectivity index (χ2v) is 6.11. The van der Waals surface area contributed by atoms with Crippen molar-refractivity contribution in [1.82, 2.24) is 9.97 Å². The van der Waals surface area contributed by atoms with Crippen LogP contribution in [0.3, 0.4) is 0 Å². The minimum atomic E-state index is 0.435. The molecule has 0 radical (unpaired) electrons. The van der Waals surface area contributed by atoms with Gasteiger partial charge in [-0.3, -0.25) is 0 Å². The molecule has 2 aromatic carbocycles. The zero-order chi connectivity index (χ0) is 20.8. The number of aromatic nitrogens is 2. The average Bonchev–Trinajstić information content (AvgIpc) is 2.72. The predicted octanol–water partition coefficient (Wildman–Crippen LogP) is 4.31. The summed E-state index contributed by atoms with van der Waals surface area (Å²) in [5.74, 6) is 3.45. The number of methoxy groups -OCH3 is 4. The van der Waals surface area contributed by atoms with Crippen LogP contribution in [-0.2, 0) is 0 Å². The summed E-state index contributed by atoms with van der Waals surface area (Å²) in [6.07, 6.45) is 0. The monoisotopic (exact) mass is 396 g/mol. The molecule has 1 heterocycles. The van der Waals surface area contributed by atoms with E-state index >= 15 is 0 Å². The van der Waals surface area contributed by atoms with Gasteiger partial charge in [0.25, 0.3) is 0 Å². The quantitative estimate of drug-likeness (QED) is 0.583. The molecule has 0 unspecified atom stereocenters. The molecular formula is C21H24N4O4. The molecule has 8 nitrogen and oxygen atoms in total. The van der Waals surface area contributed by atoms with E-state index in [0.29, 0.717) is 34.7 Å². The van der Waals surface area contributed by atoms with Crippen LogP contribution in [0.1, 0.15) is 5.69 Å². The van der Waals surface area contributed by atoms with Gasteiger partial charge in [-0.05, 0) is 19.1 Å². The van der Waals surface area contributed by atoms with E-state index in [1.165, 1.54) is 0 Å². The lowest BCUT2D eigenvalue weighted by Crippen LogP contribution is -2.03. The highest BCUT2D eigenvalue weighted by molar-refractivity contribution is 5.67. The molecule has 0 bridgehead atoms. The first-order valence-corrected chi connectivity index (χ1v) is 8.90. The van der Waals surface area contributed by atoms with Gasteiger partial charge in [-0.25, -0.2) is 4.98 Å². The highest BCUT2D eigenvalue weighted by atomic mass is 16.5. The minimum Gasteiger partial charge on any atom is -0.497 e. The van der Waals surface area contributed by atoms with Gasteiger partial charge in [0.2, 0.25) is 11.7 Å². The maximum Gasteiger partial charge on any atom is 0.229 e. The van der Waals surface area contributed by atoms with Gasteiger partial charge in [-0.15, -0.1) is 0 Å². The first kappa shape index (κ1) is 20.1. The molecule has 0 saturated carbocycles. The van der Waals surface area contributed by atoms with Crippen molar-refractivity contribution in [2.75, 3.05) is 39.1 Å². The average molecular weight is 396 g/mol. The van der Waals surface area contributed by atoms with Crippen molar-refractivity contribution in [3.63, 3.8) is 0 Å². The highest BCUT2D eigenvalue weighted by Crippen LogP contribution is 2.40. The number of anilines is 4. The second kappa shape index (κ2) is 9.01. The molecule has 0 atom stereocenters. The second-order valence-electron chi connectivity index (χ2n) is 6.11. The molecule has 0 aliphatic carbocycles. The van der Waals surface area contributed by atoms with Crippen LogP contribution < -0.4 is 29.6 Å². The molecule has 0 spiro atoms. The first-order chi connectivity index (χ1) is 14.1. The Kier molecular flexibility index (Phi) is 6.23. The molecule has 0 saturated heterocycles. The summed E-state index contributed by atoms with van der Waals surface area (Å²) in [6.45, 7) is 1.90. The van der Waals surface area contributed by atoms with Crippen LogP contribution in [0.4, 0.5) is 23.1 Å². The molecule has 3 aromatic rings. The zero-order valence-electron chi connectivity index (χ0n) is 17.1. The van der Waals surface area contributed by atoms with E-state index in [0.717, 1.165) is 17.1 Å². The third-order valence-corrected chi connectivity index (χ3v) is 4.12. The number of benzene rings is 2. The molecular weight excluding hydrogens is 372 g/mol. The van der Waals surface area contributed by atoms with Crippen LogP contribution in [-0.4, -0.2) is 38.4 Å². The number of rotatable bonds is 8. The van der Waals surface area contributed by atoms with Crippen molar-refractivity contribution >= 4 is 23.1 Å². The summed E-state index contributed by atoms with van der Waals surface area (Å²) in [7, 11) is 6.34. The highest BCUT2D eigenvalue weighted by Gasteiger charge is 2.14. The number of hydrogen-bond donors (Lipinski definition) is 2. The van der Waals surface area contributed by atoms with Crippen LogP contribution >= 0.6 is 0 Å². The van der Waals surface area contributed by atoms with Gasteiger partial charge in [-0.1, -0.05) is 6.07 Å². The van der Waals surface area contributed by atoms with E-state index in [1.54, 1.807) is 40.6 Å². The maximum atomic E-state index is 5.40. The Morgan fingerprint density at radius 1 is 0.724 bits per heavy atom. The summed E-state index contributed by atoms with van der Waals surface area (Å²) < 4.78 is 21.4. The number of nitrogens with one attached hydrogen (secondary N) is 2. The van der Waals surface area contributed by atoms with E-state index in [2.05, 4.69) is 20.6 Å². The number of ether oxygens (including phenoxy) is 4. The molecule has 2 N–H and O–H groups in total. The van der Waals surface area contributed by atoms with Crippen LogP contribution in [0.2, 0.25) is 0 Å². The molecule has 0 amide bonds. The Balaban J connectivity index is 1.88. The van der Waals surface area contributed by atoms with E-state index < -0.39 is 0 Å². The molecule has 3 rings (SSSR count). The standard InChI is InChI=1S/C21H24N4O4/c1-13-9-19(23-14-7-6-8-16(10-14)26-2)25-21(22-13)24-15-11-17(27-3)20(29-5)18(12-15)28-4/h6-12H,1-5H3,(H2,22,23,24,25). The van der Waals surface area contributed by atoms with Gasteiger partial charge < -0.3 is 29.6 Å². The topological polar surface area (TPSA) is 86.8 Å². The molecule has 0 aliphatic rings. The minimum absolute atomic E-state index is 0.435. The fourth-order valence-corrected chi connectivity index (χ4v) is 2.82. The lowest BCUT2D eigenvalue weighted by molar-refractivity contribution is 0.324. The first-order valence-electron chi connectivity index (χ1n) is 8.90. The van der Waals surface area contributed by atoms with Gasteiger partial charge >= 0.3 is 0 Å². The van der Waals surface area contributed by atoms with Crippen LogP contribution in [0.25, 0.3) is 0 Å². The Hall–Kier alpha value is -3.68. The lowest BCUT2D eigenvalue weighted by atomic mass is 10.2. The summed E-state index contributed by atoms with van der Waals surface area (Å²) in [5.41, 5.74) is 2.37. The summed E-state index contributed by atoms with van der Waals surface area (Å²) in [6, 6.07) is 13.1. The molecule has 152 valence electrons. The number of hydrogen-bond acceptors (Lipinski definition) is 8. The maximum absolute atomic E-state index is 5.40. The summed E-state index contributed by atoms with van der Waals surface area (Å²) in [5, 5.41) is 6.46. The van der Waals surface area contributed by atoms with Crippen molar-refractivity contribution in [2.24, 2.45) is 0 Å². The molecule has 8 heteroatoms. The van der Waals surface area contributed by atoms with Gasteiger partial charge in [0.1, 0.15) is 11.6 Å². The van der Waals surface area contributed by atoms with Gasteiger partial charge in [0.05, 0.1) is 28.4 Å². The third kappa shape index (κ3) is 4.78. The lowest BCUT2D eigenvalue weighted by Gasteiger charge is -2.15. The largest absolute Gasteiger partial charge is 0.497 e. The van der Waals surface area contributed by atoms with Crippen LogP contribution in [0.15, 0.2) is 42.5 Å². The molecule has 1 aromatic heterocycles. The van der Waals surface area contributed by atoms with Crippen molar-refractivity contribution in [2.45, 2.75) is 6.92 Å². The van der Waals surface area contributed by atoms with Gasteiger partial charge in [0.15, 0.2) is 11.5 Å². The normalized spacial score (nSPS) is 10.2. The number of aryl methyl sites for hydroxylation is 1. The van der Waals surface area contributed by atoms with Crippen molar-refractivity contribution < 1.29 is 18.9 Å². The SMILES string of the molecule is COc1cccc(Nc2cc(C)nc(Nc3cc(OC)c(OC)c(OC)c3)n2)c1. The van der Waals surface area contributed by atoms with Crippen molar-refractivity contribution in [1.29, 1.82) is 0 Å². The Labute approximate surface area is 169 Å². The molecule has 29 heavy (non-hydrogen) atoms. The zero-order valence-corrected chi connectivity index (χ0v) is 17.1. The van der Waals surface area contributed by atoms with Crippen molar-refractivity contribution in [3.8, 4) is 23.0 Å². The van der Waals surface area contributed by atoms with E-state index in [9.17, 15) is 0 Å². The molecule has 0 aliphatic heterocycles. The van der Waals surface area contributed by atoms with Crippen molar-refractivity contribution in [3.05, 3.63) is 48.2 Å². The molecule has 0 fully saturated rings.